The Labute approximate surface area is 172 Å². The maximum Gasteiger partial charge on any atom is 0.328 e. The fraction of sp³-hybridized carbons (Fsp3) is 0.333. The molecule has 1 N–H and O–H groups in total. The summed E-state index contributed by atoms with van der Waals surface area (Å²) in [6.45, 7) is 6.73. The first kappa shape index (κ1) is 20.8. The summed E-state index contributed by atoms with van der Waals surface area (Å²) in [5.41, 5.74) is 3.10. The van der Waals surface area contributed by atoms with Gasteiger partial charge in [0.2, 0.25) is 5.91 Å². The summed E-state index contributed by atoms with van der Waals surface area (Å²) in [7, 11) is 0. The maximum absolute atomic E-state index is 12.9. The normalized spacial score (nSPS) is 20.1. The second kappa shape index (κ2) is 9.52. The Kier molecular flexibility index (Phi) is 6.83. The van der Waals surface area contributed by atoms with E-state index in [0.717, 1.165) is 36.8 Å². The number of carbonyl (C=O) groups is 2. The van der Waals surface area contributed by atoms with Crippen LogP contribution in [0.1, 0.15) is 30.5 Å². The first-order valence-electron chi connectivity index (χ1n) is 10.00. The molecule has 0 aliphatic carbocycles. The Balaban J connectivity index is 1.58. The second-order valence-corrected chi connectivity index (χ2v) is 7.77. The van der Waals surface area contributed by atoms with Crippen molar-refractivity contribution in [2.45, 2.75) is 38.9 Å². The van der Waals surface area contributed by atoms with E-state index in [1.807, 2.05) is 59.5 Å². The van der Waals surface area contributed by atoms with Crippen molar-refractivity contribution in [1.29, 1.82) is 0 Å². The van der Waals surface area contributed by atoms with Crippen LogP contribution in [0.25, 0.3) is 6.08 Å². The van der Waals surface area contributed by atoms with Gasteiger partial charge in [-0.05, 0) is 36.6 Å². The molecule has 0 unspecified atom stereocenters. The lowest BCUT2D eigenvalue weighted by molar-refractivity contribution is -0.138. The van der Waals surface area contributed by atoms with Gasteiger partial charge in [0.15, 0.2) is 0 Å². The van der Waals surface area contributed by atoms with Gasteiger partial charge in [0.25, 0.3) is 0 Å². The van der Waals surface area contributed by atoms with E-state index < -0.39 is 5.97 Å². The monoisotopic (exact) mass is 392 g/mol. The number of hydrogen-bond donors (Lipinski definition) is 1. The van der Waals surface area contributed by atoms with Gasteiger partial charge in [0.05, 0.1) is 6.42 Å². The van der Waals surface area contributed by atoms with Gasteiger partial charge in [0.1, 0.15) is 0 Å². The maximum atomic E-state index is 12.9. The topological polar surface area (TPSA) is 60.9 Å². The van der Waals surface area contributed by atoms with Crippen LogP contribution < -0.4 is 0 Å². The zero-order valence-electron chi connectivity index (χ0n) is 17.0. The molecule has 1 saturated heterocycles. The number of piperazine rings is 1. The summed E-state index contributed by atoms with van der Waals surface area (Å²) < 4.78 is 0. The molecule has 1 amide bonds. The Morgan fingerprint density at radius 2 is 1.59 bits per heavy atom. The largest absolute Gasteiger partial charge is 0.478 e. The SMILES string of the molecule is C[C@@H]1CN(Cc2ccc(/C=C/C(=O)O)cc2)C[C@H](C)N1C(=O)Cc1ccccc1. The zero-order chi connectivity index (χ0) is 20.8. The minimum Gasteiger partial charge on any atom is -0.478 e. The van der Waals surface area contributed by atoms with E-state index in [9.17, 15) is 9.59 Å². The minimum absolute atomic E-state index is 0.160. The number of aliphatic carboxylic acids is 1. The number of benzene rings is 2. The summed E-state index contributed by atoms with van der Waals surface area (Å²) >= 11 is 0. The van der Waals surface area contributed by atoms with Gasteiger partial charge in [-0.1, -0.05) is 54.6 Å². The molecule has 0 radical (unpaired) electrons. The van der Waals surface area contributed by atoms with Crippen LogP contribution in [0.2, 0.25) is 0 Å². The molecule has 0 saturated carbocycles. The number of rotatable bonds is 6. The van der Waals surface area contributed by atoms with Crippen LogP contribution in [0.5, 0.6) is 0 Å². The molecule has 152 valence electrons. The highest BCUT2D eigenvalue weighted by Crippen LogP contribution is 2.20. The molecule has 3 rings (SSSR count). The Morgan fingerprint density at radius 1 is 0.966 bits per heavy atom. The van der Waals surface area contributed by atoms with Crippen molar-refractivity contribution in [3.63, 3.8) is 0 Å². The van der Waals surface area contributed by atoms with Crippen molar-refractivity contribution in [3.8, 4) is 0 Å². The van der Waals surface area contributed by atoms with Crippen LogP contribution in [-0.4, -0.2) is 52.0 Å². The highest BCUT2D eigenvalue weighted by molar-refractivity contribution is 5.85. The molecule has 1 heterocycles. The Bertz CT molecular complexity index is 849. The quantitative estimate of drug-likeness (QED) is 0.765. The molecular weight excluding hydrogens is 364 g/mol. The van der Waals surface area contributed by atoms with Crippen molar-refractivity contribution in [3.05, 3.63) is 77.4 Å². The standard InChI is InChI=1S/C24H28N2O3/c1-18-15-25(17-22-10-8-20(9-11-22)12-13-24(28)29)16-19(2)26(18)23(27)14-21-6-4-3-5-7-21/h3-13,18-19H,14-17H2,1-2H3,(H,28,29)/b13-12+/t18-,19+. The fourth-order valence-corrected chi connectivity index (χ4v) is 4.07. The van der Waals surface area contributed by atoms with Crippen LogP contribution in [0.15, 0.2) is 60.7 Å². The first-order chi connectivity index (χ1) is 13.9. The molecule has 29 heavy (non-hydrogen) atoms. The highest BCUT2D eigenvalue weighted by Gasteiger charge is 2.32. The molecule has 0 spiro atoms. The number of carbonyl (C=O) groups excluding carboxylic acids is 1. The van der Waals surface area contributed by atoms with Gasteiger partial charge < -0.3 is 10.0 Å². The average Bonchev–Trinajstić information content (AvgIpc) is 2.67. The zero-order valence-corrected chi connectivity index (χ0v) is 17.0. The predicted octanol–water partition coefficient (Wildman–Crippen LogP) is 3.45. The third-order valence-corrected chi connectivity index (χ3v) is 5.28. The van der Waals surface area contributed by atoms with Crippen molar-refractivity contribution in [2.24, 2.45) is 0 Å². The van der Waals surface area contributed by atoms with Crippen molar-refractivity contribution in [2.75, 3.05) is 13.1 Å². The van der Waals surface area contributed by atoms with E-state index in [1.54, 1.807) is 6.08 Å². The summed E-state index contributed by atoms with van der Waals surface area (Å²) in [5, 5.41) is 8.72. The van der Waals surface area contributed by atoms with E-state index in [0.29, 0.717) is 6.42 Å². The first-order valence-corrected chi connectivity index (χ1v) is 10.00. The van der Waals surface area contributed by atoms with Gasteiger partial charge in [-0.3, -0.25) is 9.69 Å². The van der Waals surface area contributed by atoms with Crippen molar-refractivity contribution in [1.82, 2.24) is 9.80 Å². The molecule has 5 heteroatoms. The molecule has 2 aromatic carbocycles. The number of amides is 1. The highest BCUT2D eigenvalue weighted by atomic mass is 16.4. The summed E-state index contributed by atoms with van der Waals surface area (Å²) in [4.78, 5) is 27.9. The van der Waals surface area contributed by atoms with Gasteiger partial charge in [-0.25, -0.2) is 4.79 Å². The van der Waals surface area contributed by atoms with E-state index in [2.05, 4.69) is 18.7 Å². The average molecular weight is 392 g/mol. The lowest BCUT2D eigenvalue weighted by Gasteiger charge is -2.44. The minimum atomic E-state index is -0.947. The fourth-order valence-electron chi connectivity index (χ4n) is 4.07. The van der Waals surface area contributed by atoms with Gasteiger partial charge in [0, 0.05) is 37.8 Å². The van der Waals surface area contributed by atoms with Crippen LogP contribution in [0, 0.1) is 0 Å². The van der Waals surface area contributed by atoms with Crippen LogP contribution in [-0.2, 0) is 22.6 Å². The Morgan fingerprint density at radius 3 is 2.17 bits per heavy atom. The molecule has 1 aliphatic rings. The predicted molar refractivity (Wildman–Crippen MR) is 114 cm³/mol. The Hall–Kier alpha value is -2.92. The molecule has 2 atom stereocenters. The molecule has 5 nitrogen and oxygen atoms in total. The van der Waals surface area contributed by atoms with Crippen LogP contribution in [0.3, 0.4) is 0 Å². The lowest BCUT2D eigenvalue weighted by Crippen LogP contribution is -2.58. The van der Waals surface area contributed by atoms with Crippen LogP contribution >= 0.6 is 0 Å². The van der Waals surface area contributed by atoms with E-state index in [1.165, 1.54) is 5.56 Å². The lowest BCUT2D eigenvalue weighted by atomic mass is 10.0. The second-order valence-electron chi connectivity index (χ2n) is 7.77. The number of hydrogen-bond acceptors (Lipinski definition) is 3. The smallest absolute Gasteiger partial charge is 0.328 e. The number of nitrogens with zero attached hydrogens (tertiary/aromatic N) is 2. The summed E-state index contributed by atoms with van der Waals surface area (Å²) in [5.74, 6) is -0.762. The number of carboxylic acid groups (broad SMARTS) is 1. The van der Waals surface area contributed by atoms with E-state index in [-0.39, 0.29) is 18.0 Å². The van der Waals surface area contributed by atoms with Crippen molar-refractivity contribution >= 4 is 18.0 Å². The van der Waals surface area contributed by atoms with Crippen molar-refractivity contribution < 1.29 is 14.7 Å². The van der Waals surface area contributed by atoms with Gasteiger partial charge in [-0.2, -0.15) is 0 Å². The molecule has 0 bridgehead atoms. The molecule has 1 fully saturated rings. The van der Waals surface area contributed by atoms with E-state index in [4.69, 9.17) is 5.11 Å². The third kappa shape index (κ3) is 5.78. The van der Waals surface area contributed by atoms with Gasteiger partial charge in [-0.15, -0.1) is 0 Å². The molecule has 2 aromatic rings. The molecular formula is C24H28N2O3. The number of carboxylic acids is 1. The molecule has 1 aliphatic heterocycles. The third-order valence-electron chi connectivity index (χ3n) is 5.28. The van der Waals surface area contributed by atoms with E-state index >= 15 is 0 Å². The van der Waals surface area contributed by atoms with Crippen LogP contribution in [0.4, 0.5) is 0 Å². The summed E-state index contributed by atoms with van der Waals surface area (Å²) in [6, 6.07) is 18.1. The summed E-state index contributed by atoms with van der Waals surface area (Å²) in [6.07, 6.45) is 3.18. The van der Waals surface area contributed by atoms with Gasteiger partial charge >= 0.3 is 5.97 Å². The molecule has 0 aromatic heterocycles.